The van der Waals surface area contributed by atoms with Crippen LogP contribution in [0.15, 0.2) is 42.9 Å². The third-order valence-electron chi connectivity index (χ3n) is 2.48. The first-order chi connectivity index (χ1) is 8.34. The molecule has 0 amide bonds. The van der Waals surface area contributed by atoms with Crippen molar-refractivity contribution < 1.29 is 5.11 Å². The Hall–Kier alpha value is -1.94. The number of benzene rings is 1. The van der Waals surface area contributed by atoms with Crippen LogP contribution in [0.2, 0.25) is 0 Å². The van der Waals surface area contributed by atoms with E-state index in [1.165, 1.54) is 5.56 Å². The molecule has 2 rings (SSSR count). The SMILES string of the molecule is Oc1ccc(CCNCc2ccncn2)cc1. The normalized spacial score (nSPS) is 10.4. The van der Waals surface area contributed by atoms with Gasteiger partial charge < -0.3 is 10.4 Å². The van der Waals surface area contributed by atoms with Crippen LogP contribution in [-0.2, 0) is 13.0 Å². The van der Waals surface area contributed by atoms with E-state index in [0.717, 1.165) is 25.2 Å². The summed E-state index contributed by atoms with van der Waals surface area (Å²) in [5, 5.41) is 12.5. The fourth-order valence-electron chi connectivity index (χ4n) is 1.53. The van der Waals surface area contributed by atoms with Crippen LogP contribution >= 0.6 is 0 Å². The summed E-state index contributed by atoms with van der Waals surface area (Å²) in [4.78, 5) is 8.00. The summed E-state index contributed by atoms with van der Waals surface area (Å²) in [6.45, 7) is 1.63. The van der Waals surface area contributed by atoms with E-state index in [9.17, 15) is 0 Å². The average molecular weight is 229 g/mol. The highest BCUT2D eigenvalue weighted by atomic mass is 16.3. The lowest BCUT2D eigenvalue weighted by molar-refractivity contribution is 0.475. The third-order valence-corrected chi connectivity index (χ3v) is 2.48. The van der Waals surface area contributed by atoms with Gasteiger partial charge in [-0.1, -0.05) is 12.1 Å². The van der Waals surface area contributed by atoms with E-state index in [-0.39, 0.29) is 0 Å². The monoisotopic (exact) mass is 229 g/mol. The molecule has 2 N–H and O–H groups in total. The highest BCUT2D eigenvalue weighted by molar-refractivity contribution is 5.25. The summed E-state index contributed by atoms with van der Waals surface area (Å²) in [5.41, 5.74) is 2.20. The predicted molar refractivity (Wildman–Crippen MR) is 65.5 cm³/mol. The molecule has 0 aliphatic heterocycles. The maximum atomic E-state index is 9.15. The van der Waals surface area contributed by atoms with Gasteiger partial charge in [-0.05, 0) is 36.7 Å². The Balaban J connectivity index is 1.71. The molecule has 4 heteroatoms. The molecule has 0 bridgehead atoms. The van der Waals surface area contributed by atoms with Gasteiger partial charge in [0.1, 0.15) is 12.1 Å². The summed E-state index contributed by atoms with van der Waals surface area (Å²) in [6, 6.07) is 9.18. The van der Waals surface area contributed by atoms with Crippen LogP contribution in [0.1, 0.15) is 11.3 Å². The van der Waals surface area contributed by atoms with Gasteiger partial charge in [-0.15, -0.1) is 0 Å². The second-order valence-electron chi connectivity index (χ2n) is 3.79. The highest BCUT2D eigenvalue weighted by Crippen LogP contribution is 2.09. The maximum Gasteiger partial charge on any atom is 0.115 e. The van der Waals surface area contributed by atoms with Gasteiger partial charge >= 0.3 is 0 Å². The van der Waals surface area contributed by atoms with E-state index in [4.69, 9.17) is 5.11 Å². The minimum Gasteiger partial charge on any atom is -0.508 e. The van der Waals surface area contributed by atoms with Crippen LogP contribution in [0.5, 0.6) is 5.75 Å². The van der Waals surface area contributed by atoms with Gasteiger partial charge in [0.15, 0.2) is 0 Å². The molecule has 88 valence electrons. The van der Waals surface area contributed by atoms with E-state index in [0.29, 0.717) is 5.75 Å². The minimum atomic E-state index is 0.308. The molecule has 0 aliphatic rings. The van der Waals surface area contributed by atoms with Crippen LogP contribution < -0.4 is 5.32 Å². The Morgan fingerprint density at radius 3 is 2.65 bits per heavy atom. The summed E-state index contributed by atoms with van der Waals surface area (Å²) in [5.74, 6) is 0.308. The molecule has 2 aromatic rings. The highest BCUT2D eigenvalue weighted by Gasteiger charge is 1.95. The van der Waals surface area contributed by atoms with E-state index >= 15 is 0 Å². The zero-order valence-electron chi connectivity index (χ0n) is 9.50. The van der Waals surface area contributed by atoms with Crippen molar-refractivity contribution >= 4 is 0 Å². The first-order valence-electron chi connectivity index (χ1n) is 5.58. The number of aromatic nitrogens is 2. The van der Waals surface area contributed by atoms with Crippen molar-refractivity contribution in [2.24, 2.45) is 0 Å². The van der Waals surface area contributed by atoms with Crippen molar-refractivity contribution in [1.29, 1.82) is 0 Å². The standard InChI is InChI=1S/C13H15N3O/c17-13-3-1-11(2-4-13)5-7-14-9-12-6-8-15-10-16-12/h1-4,6,8,10,14,17H,5,7,9H2. The van der Waals surface area contributed by atoms with E-state index < -0.39 is 0 Å². The fraction of sp³-hybridized carbons (Fsp3) is 0.231. The van der Waals surface area contributed by atoms with Crippen molar-refractivity contribution in [3.8, 4) is 5.75 Å². The zero-order valence-corrected chi connectivity index (χ0v) is 9.50. The predicted octanol–water partition coefficient (Wildman–Crippen LogP) is 1.51. The molecule has 0 atom stereocenters. The molecule has 0 aliphatic carbocycles. The van der Waals surface area contributed by atoms with Crippen molar-refractivity contribution in [2.45, 2.75) is 13.0 Å². The van der Waals surface area contributed by atoms with Gasteiger partial charge in [0, 0.05) is 12.7 Å². The summed E-state index contributed by atoms with van der Waals surface area (Å²) >= 11 is 0. The molecule has 0 unspecified atom stereocenters. The minimum absolute atomic E-state index is 0.308. The van der Waals surface area contributed by atoms with E-state index in [2.05, 4.69) is 15.3 Å². The molecule has 17 heavy (non-hydrogen) atoms. The molecular weight excluding hydrogens is 214 g/mol. The van der Waals surface area contributed by atoms with Crippen molar-refractivity contribution in [3.05, 3.63) is 54.1 Å². The second kappa shape index (κ2) is 5.96. The number of phenols is 1. The topological polar surface area (TPSA) is 58.0 Å². The van der Waals surface area contributed by atoms with Crippen LogP contribution in [-0.4, -0.2) is 21.6 Å². The van der Waals surface area contributed by atoms with Crippen LogP contribution in [0.25, 0.3) is 0 Å². The lowest BCUT2D eigenvalue weighted by Crippen LogP contribution is -2.17. The van der Waals surface area contributed by atoms with Gasteiger partial charge in [0.05, 0.1) is 5.69 Å². The van der Waals surface area contributed by atoms with Gasteiger partial charge in [0.2, 0.25) is 0 Å². The van der Waals surface area contributed by atoms with Gasteiger partial charge in [0.25, 0.3) is 0 Å². The molecule has 4 nitrogen and oxygen atoms in total. The summed E-state index contributed by atoms with van der Waals surface area (Å²) < 4.78 is 0. The van der Waals surface area contributed by atoms with Crippen LogP contribution in [0.3, 0.4) is 0 Å². The number of hydrogen-bond donors (Lipinski definition) is 2. The maximum absolute atomic E-state index is 9.15. The number of nitrogens with one attached hydrogen (secondary N) is 1. The lowest BCUT2D eigenvalue weighted by Gasteiger charge is -2.04. The lowest BCUT2D eigenvalue weighted by atomic mass is 10.1. The number of phenolic OH excluding ortho intramolecular Hbond substituents is 1. The third kappa shape index (κ3) is 3.85. The Bertz CT molecular complexity index is 442. The molecule has 0 radical (unpaired) electrons. The molecule has 0 saturated carbocycles. The number of aromatic hydroxyl groups is 1. The molecule has 0 saturated heterocycles. The van der Waals surface area contributed by atoms with Crippen LogP contribution in [0.4, 0.5) is 0 Å². The molecule has 1 aromatic carbocycles. The van der Waals surface area contributed by atoms with Gasteiger partial charge in [-0.3, -0.25) is 0 Å². The second-order valence-corrected chi connectivity index (χ2v) is 3.79. The molecule has 0 fully saturated rings. The Kier molecular flexibility index (Phi) is 4.05. The van der Waals surface area contributed by atoms with Gasteiger partial charge in [-0.2, -0.15) is 0 Å². The fourth-order valence-corrected chi connectivity index (χ4v) is 1.53. The number of hydrogen-bond acceptors (Lipinski definition) is 4. The molecule has 0 spiro atoms. The Morgan fingerprint density at radius 2 is 1.94 bits per heavy atom. The van der Waals surface area contributed by atoms with Gasteiger partial charge in [-0.25, -0.2) is 9.97 Å². The summed E-state index contributed by atoms with van der Waals surface area (Å²) in [6.07, 6.45) is 4.23. The average Bonchev–Trinajstić information content (AvgIpc) is 2.38. The van der Waals surface area contributed by atoms with Crippen molar-refractivity contribution in [2.75, 3.05) is 6.54 Å². The largest absolute Gasteiger partial charge is 0.508 e. The first kappa shape index (κ1) is 11.5. The quantitative estimate of drug-likeness (QED) is 0.763. The van der Waals surface area contributed by atoms with E-state index in [1.54, 1.807) is 24.7 Å². The Labute approximate surface area is 100 Å². The smallest absolute Gasteiger partial charge is 0.115 e. The van der Waals surface area contributed by atoms with Crippen molar-refractivity contribution in [3.63, 3.8) is 0 Å². The molecular formula is C13H15N3O. The van der Waals surface area contributed by atoms with E-state index in [1.807, 2.05) is 18.2 Å². The summed E-state index contributed by atoms with van der Waals surface area (Å²) in [7, 11) is 0. The Morgan fingerprint density at radius 1 is 1.12 bits per heavy atom. The first-order valence-corrected chi connectivity index (χ1v) is 5.58. The number of nitrogens with zero attached hydrogens (tertiary/aromatic N) is 2. The molecule has 1 heterocycles. The van der Waals surface area contributed by atoms with Crippen molar-refractivity contribution in [1.82, 2.24) is 15.3 Å². The zero-order chi connectivity index (χ0) is 11.9. The number of rotatable bonds is 5. The molecule has 1 aromatic heterocycles. The van der Waals surface area contributed by atoms with Crippen LogP contribution in [0, 0.1) is 0 Å².